The summed E-state index contributed by atoms with van der Waals surface area (Å²) in [5.41, 5.74) is 2.19. The van der Waals surface area contributed by atoms with Crippen LogP contribution in [0, 0.1) is 6.92 Å². The molecule has 0 aliphatic rings. The van der Waals surface area contributed by atoms with Gasteiger partial charge in [0.15, 0.2) is 0 Å². The fourth-order valence-corrected chi connectivity index (χ4v) is 1.48. The predicted molar refractivity (Wildman–Crippen MR) is 59.5 cm³/mol. The molecule has 78 valence electrons. The molecule has 0 bridgehead atoms. The Hall–Kier alpha value is -1.84. The Kier molecular flexibility index (Phi) is 2.67. The molecule has 15 heavy (non-hydrogen) atoms. The van der Waals surface area contributed by atoms with Crippen molar-refractivity contribution in [2.45, 2.75) is 13.5 Å². The zero-order valence-corrected chi connectivity index (χ0v) is 8.94. The monoisotopic (exact) mass is 202 g/mol. The Morgan fingerprint density at radius 2 is 2.27 bits per heavy atom. The number of rotatable bonds is 3. The number of anilines is 1. The molecule has 4 heteroatoms. The number of nitrogens with zero attached hydrogens (tertiary/aromatic N) is 3. The van der Waals surface area contributed by atoms with Gasteiger partial charge in [0, 0.05) is 13.2 Å². The van der Waals surface area contributed by atoms with Crippen LogP contribution in [0.4, 0.5) is 5.82 Å². The molecule has 0 aliphatic heterocycles. The second kappa shape index (κ2) is 4.13. The number of nitrogens with one attached hydrogen (secondary N) is 1. The van der Waals surface area contributed by atoms with E-state index in [1.165, 1.54) is 0 Å². The molecule has 0 aromatic carbocycles. The minimum Gasteiger partial charge on any atom is -0.364 e. The van der Waals surface area contributed by atoms with Crippen molar-refractivity contribution >= 4 is 5.82 Å². The molecule has 0 spiro atoms. The first-order chi connectivity index (χ1) is 7.25. The standard InChI is InChI=1S/C11H14N4/c1-9-7-10(15(2)14-9)8-13-11-5-3-4-6-12-11/h3-7H,8H2,1-2H3,(H,12,13). The van der Waals surface area contributed by atoms with Crippen LogP contribution in [0.5, 0.6) is 0 Å². The summed E-state index contributed by atoms with van der Waals surface area (Å²) in [6.07, 6.45) is 1.77. The Morgan fingerprint density at radius 1 is 1.40 bits per heavy atom. The molecular formula is C11H14N4. The van der Waals surface area contributed by atoms with Gasteiger partial charge < -0.3 is 5.32 Å². The fraction of sp³-hybridized carbons (Fsp3) is 0.273. The first-order valence-electron chi connectivity index (χ1n) is 4.90. The maximum absolute atomic E-state index is 4.28. The number of hydrogen-bond donors (Lipinski definition) is 1. The van der Waals surface area contributed by atoms with Gasteiger partial charge in [0.2, 0.25) is 0 Å². The highest BCUT2D eigenvalue weighted by Gasteiger charge is 2.01. The van der Waals surface area contributed by atoms with E-state index >= 15 is 0 Å². The van der Waals surface area contributed by atoms with E-state index in [2.05, 4.69) is 21.5 Å². The summed E-state index contributed by atoms with van der Waals surface area (Å²) in [5, 5.41) is 7.52. The summed E-state index contributed by atoms with van der Waals surface area (Å²) >= 11 is 0. The van der Waals surface area contributed by atoms with Gasteiger partial charge in [-0.1, -0.05) is 6.07 Å². The Bertz CT molecular complexity index is 433. The minimum absolute atomic E-state index is 0.744. The zero-order valence-electron chi connectivity index (χ0n) is 8.94. The van der Waals surface area contributed by atoms with Crippen molar-refractivity contribution < 1.29 is 0 Å². The Morgan fingerprint density at radius 3 is 2.87 bits per heavy atom. The number of aromatic nitrogens is 3. The normalized spacial score (nSPS) is 10.3. The third-order valence-electron chi connectivity index (χ3n) is 2.21. The highest BCUT2D eigenvalue weighted by atomic mass is 15.3. The summed E-state index contributed by atoms with van der Waals surface area (Å²) in [7, 11) is 1.95. The second-order valence-corrected chi connectivity index (χ2v) is 3.47. The SMILES string of the molecule is Cc1cc(CNc2ccccn2)n(C)n1. The van der Waals surface area contributed by atoms with E-state index in [1.807, 2.05) is 36.9 Å². The summed E-state index contributed by atoms with van der Waals surface area (Å²) in [6, 6.07) is 7.88. The summed E-state index contributed by atoms with van der Waals surface area (Å²) < 4.78 is 1.88. The highest BCUT2D eigenvalue weighted by molar-refractivity contribution is 5.33. The van der Waals surface area contributed by atoms with Gasteiger partial charge in [-0.05, 0) is 25.1 Å². The molecule has 0 radical (unpaired) electrons. The third-order valence-corrected chi connectivity index (χ3v) is 2.21. The predicted octanol–water partition coefficient (Wildman–Crippen LogP) is 1.74. The highest BCUT2D eigenvalue weighted by Crippen LogP contribution is 2.06. The molecule has 2 aromatic rings. The van der Waals surface area contributed by atoms with Gasteiger partial charge in [-0.25, -0.2) is 4.98 Å². The van der Waals surface area contributed by atoms with Crippen LogP contribution in [0.2, 0.25) is 0 Å². The van der Waals surface area contributed by atoms with Crippen molar-refractivity contribution in [1.82, 2.24) is 14.8 Å². The van der Waals surface area contributed by atoms with Crippen LogP contribution in [0.3, 0.4) is 0 Å². The van der Waals surface area contributed by atoms with Crippen molar-refractivity contribution in [3.8, 4) is 0 Å². The quantitative estimate of drug-likeness (QED) is 0.824. The molecule has 0 saturated carbocycles. The third kappa shape index (κ3) is 2.34. The fourth-order valence-electron chi connectivity index (χ4n) is 1.48. The lowest BCUT2D eigenvalue weighted by Gasteiger charge is -2.04. The lowest BCUT2D eigenvalue weighted by Crippen LogP contribution is -2.06. The second-order valence-electron chi connectivity index (χ2n) is 3.47. The van der Waals surface area contributed by atoms with Crippen LogP contribution in [0.15, 0.2) is 30.5 Å². The van der Waals surface area contributed by atoms with Crippen molar-refractivity contribution in [3.05, 3.63) is 41.9 Å². The maximum atomic E-state index is 4.28. The van der Waals surface area contributed by atoms with E-state index in [0.29, 0.717) is 0 Å². The van der Waals surface area contributed by atoms with Gasteiger partial charge in [0.25, 0.3) is 0 Å². The molecule has 2 rings (SSSR count). The maximum Gasteiger partial charge on any atom is 0.126 e. The average Bonchev–Trinajstić information content (AvgIpc) is 2.56. The van der Waals surface area contributed by atoms with Crippen LogP contribution in [0.25, 0.3) is 0 Å². The average molecular weight is 202 g/mol. The van der Waals surface area contributed by atoms with Gasteiger partial charge in [-0.15, -0.1) is 0 Å². The summed E-state index contributed by atoms with van der Waals surface area (Å²) in [4.78, 5) is 4.19. The van der Waals surface area contributed by atoms with Crippen molar-refractivity contribution in [2.75, 3.05) is 5.32 Å². The van der Waals surface area contributed by atoms with Gasteiger partial charge in [-0.2, -0.15) is 5.10 Å². The van der Waals surface area contributed by atoms with E-state index in [4.69, 9.17) is 0 Å². The molecule has 0 unspecified atom stereocenters. The van der Waals surface area contributed by atoms with E-state index in [-0.39, 0.29) is 0 Å². The van der Waals surface area contributed by atoms with Gasteiger partial charge >= 0.3 is 0 Å². The summed E-state index contributed by atoms with van der Waals surface area (Å²) in [5.74, 6) is 0.886. The van der Waals surface area contributed by atoms with E-state index in [0.717, 1.165) is 23.8 Å². The molecule has 2 aromatic heterocycles. The van der Waals surface area contributed by atoms with E-state index in [9.17, 15) is 0 Å². The molecule has 0 aliphatic carbocycles. The van der Waals surface area contributed by atoms with Crippen LogP contribution < -0.4 is 5.32 Å². The van der Waals surface area contributed by atoms with Crippen LogP contribution in [0.1, 0.15) is 11.4 Å². The summed E-state index contributed by atoms with van der Waals surface area (Å²) in [6.45, 7) is 2.73. The van der Waals surface area contributed by atoms with Crippen molar-refractivity contribution in [2.24, 2.45) is 7.05 Å². The van der Waals surface area contributed by atoms with Gasteiger partial charge in [0.05, 0.1) is 17.9 Å². The van der Waals surface area contributed by atoms with Gasteiger partial charge in [-0.3, -0.25) is 4.68 Å². The molecular weight excluding hydrogens is 188 g/mol. The molecule has 0 atom stereocenters. The molecule has 1 N–H and O–H groups in total. The Labute approximate surface area is 89.0 Å². The first-order valence-corrected chi connectivity index (χ1v) is 4.90. The lowest BCUT2D eigenvalue weighted by atomic mass is 10.3. The van der Waals surface area contributed by atoms with E-state index < -0.39 is 0 Å². The molecule has 0 saturated heterocycles. The number of hydrogen-bond acceptors (Lipinski definition) is 3. The lowest BCUT2D eigenvalue weighted by molar-refractivity contribution is 0.713. The minimum atomic E-state index is 0.744. The van der Waals surface area contributed by atoms with Crippen LogP contribution >= 0.6 is 0 Å². The van der Waals surface area contributed by atoms with Crippen LogP contribution in [-0.2, 0) is 13.6 Å². The van der Waals surface area contributed by atoms with Crippen LogP contribution in [-0.4, -0.2) is 14.8 Å². The molecule has 4 nitrogen and oxygen atoms in total. The largest absolute Gasteiger partial charge is 0.364 e. The number of aryl methyl sites for hydroxylation is 2. The smallest absolute Gasteiger partial charge is 0.126 e. The number of pyridine rings is 1. The van der Waals surface area contributed by atoms with E-state index in [1.54, 1.807) is 6.20 Å². The van der Waals surface area contributed by atoms with Crippen molar-refractivity contribution in [3.63, 3.8) is 0 Å². The van der Waals surface area contributed by atoms with Gasteiger partial charge in [0.1, 0.15) is 5.82 Å². The topological polar surface area (TPSA) is 42.7 Å². The molecule has 0 fully saturated rings. The first kappa shape index (κ1) is 9.71. The Balaban J connectivity index is 2.02. The molecule has 2 heterocycles. The van der Waals surface area contributed by atoms with Crippen molar-refractivity contribution in [1.29, 1.82) is 0 Å². The zero-order chi connectivity index (χ0) is 10.7. The molecule has 0 amide bonds.